The number of furan rings is 1. The smallest absolute Gasteiger partial charge is 0.318 e. The third-order valence-electron chi connectivity index (χ3n) is 3.38. The van der Waals surface area contributed by atoms with Gasteiger partial charge in [0.2, 0.25) is 0 Å². The molecule has 0 fully saturated rings. The fourth-order valence-corrected chi connectivity index (χ4v) is 3.26. The summed E-state index contributed by atoms with van der Waals surface area (Å²) in [4.78, 5) is 13.8. The highest BCUT2D eigenvalue weighted by Gasteiger charge is 2.24. The van der Waals surface area contributed by atoms with E-state index in [1.165, 1.54) is 4.90 Å². The maximum absolute atomic E-state index is 12.3. The van der Waals surface area contributed by atoms with Gasteiger partial charge in [0.05, 0.1) is 18.1 Å². The molecule has 0 aliphatic heterocycles. The first-order valence-corrected chi connectivity index (χ1v) is 8.93. The molecular formula is C14H24N2O4S. The lowest BCUT2D eigenvalue weighted by molar-refractivity contribution is 0.182. The zero-order valence-corrected chi connectivity index (χ0v) is 13.8. The molecule has 1 rings (SSSR count). The van der Waals surface area contributed by atoms with Crippen molar-refractivity contribution in [1.82, 2.24) is 10.2 Å². The summed E-state index contributed by atoms with van der Waals surface area (Å²) >= 11 is 0. The van der Waals surface area contributed by atoms with Crippen molar-refractivity contribution < 1.29 is 17.6 Å². The monoisotopic (exact) mass is 316 g/mol. The minimum atomic E-state index is -3.12. The van der Waals surface area contributed by atoms with Crippen molar-refractivity contribution in [3.05, 3.63) is 24.2 Å². The van der Waals surface area contributed by atoms with Crippen molar-refractivity contribution in [2.45, 2.75) is 39.8 Å². The molecule has 1 N–H and O–H groups in total. The van der Waals surface area contributed by atoms with Crippen LogP contribution in [0.15, 0.2) is 22.8 Å². The lowest BCUT2D eigenvalue weighted by Gasteiger charge is -2.29. The standard InChI is InChI=1S/C14H24N2O4S/c1-5-16(11(3)10-21(18,19)6-2)14(17)15-12(4)13-8-7-9-20-13/h7-9,11-12H,5-6,10H2,1-4H3,(H,15,17). The molecule has 6 nitrogen and oxygen atoms in total. The highest BCUT2D eigenvalue weighted by atomic mass is 32.2. The first kappa shape index (κ1) is 17.6. The maximum atomic E-state index is 12.3. The van der Waals surface area contributed by atoms with E-state index in [9.17, 15) is 13.2 Å². The van der Waals surface area contributed by atoms with Gasteiger partial charge in [-0.3, -0.25) is 0 Å². The number of nitrogens with one attached hydrogen (secondary N) is 1. The molecule has 0 bridgehead atoms. The molecule has 2 atom stereocenters. The van der Waals surface area contributed by atoms with Gasteiger partial charge in [-0.1, -0.05) is 6.92 Å². The van der Waals surface area contributed by atoms with Crippen LogP contribution in [0, 0.1) is 0 Å². The zero-order chi connectivity index (χ0) is 16.0. The molecule has 0 saturated heterocycles. The van der Waals surface area contributed by atoms with Crippen LogP contribution in [0.4, 0.5) is 4.79 Å². The van der Waals surface area contributed by atoms with Crippen LogP contribution in [0.5, 0.6) is 0 Å². The summed E-state index contributed by atoms with van der Waals surface area (Å²) in [5.41, 5.74) is 0. The Hall–Kier alpha value is -1.50. The molecule has 2 unspecified atom stereocenters. The van der Waals surface area contributed by atoms with Crippen molar-refractivity contribution in [1.29, 1.82) is 0 Å². The van der Waals surface area contributed by atoms with E-state index in [1.807, 2.05) is 13.8 Å². The highest BCUT2D eigenvalue weighted by molar-refractivity contribution is 7.91. The molecule has 2 amide bonds. The number of carbonyl (C=O) groups excluding carboxylic acids is 1. The average Bonchev–Trinajstić information content (AvgIpc) is 2.92. The Morgan fingerprint density at radius 2 is 2.05 bits per heavy atom. The largest absolute Gasteiger partial charge is 0.467 e. The van der Waals surface area contributed by atoms with Gasteiger partial charge in [0.15, 0.2) is 9.84 Å². The Balaban J connectivity index is 2.68. The number of sulfone groups is 1. The van der Waals surface area contributed by atoms with E-state index in [2.05, 4.69) is 5.32 Å². The van der Waals surface area contributed by atoms with Crippen LogP contribution in [-0.2, 0) is 9.84 Å². The number of urea groups is 1. The van der Waals surface area contributed by atoms with Gasteiger partial charge in [-0.15, -0.1) is 0 Å². The molecule has 7 heteroatoms. The van der Waals surface area contributed by atoms with Gasteiger partial charge in [-0.05, 0) is 32.9 Å². The Kier molecular flexibility index (Phi) is 6.26. The predicted molar refractivity (Wildman–Crippen MR) is 81.8 cm³/mol. The van der Waals surface area contributed by atoms with Crippen molar-refractivity contribution in [2.24, 2.45) is 0 Å². The molecule has 0 radical (unpaired) electrons. The molecule has 0 spiro atoms. The summed E-state index contributed by atoms with van der Waals surface area (Å²) < 4.78 is 28.6. The molecular weight excluding hydrogens is 292 g/mol. The molecule has 0 aliphatic rings. The Bertz CT molecular complexity index is 539. The van der Waals surface area contributed by atoms with E-state index in [4.69, 9.17) is 4.42 Å². The second-order valence-corrected chi connectivity index (χ2v) is 7.42. The zero-order valence-electron chi connectivity index (χ0n) is 13.0. The molecule has 0 aromatic carbocycles. The highest BCUT2D eigenvalue weighted by Crippen LogP contribution is 2.13. The van der Waals surface area contributed by atoms with Crippen LogP contribution < -0.4 is 5.32 Å². The number of hydrogen-bond donors (Lipinski definition) is 1. The van der Waals surface area contributed by atoms with Gasteiger partial charge < -0.3 is 14.6 Å². The summed E-state index contributed by atoms with van der Waals surface area (Å²) in [7, 11) is -3.12. The van der Waals surface area contributed by atoms with Gasteiger partial charge >= 0.3 is 6.03 Å². The maximum Gasteiger partial charge on any atom is 0.318 e. The van der Waals surface area contributed by atoms with E-state index in [1.54, 1.807) is 32.2 Å². The summed E-state index contributed by atoms with van der Waals surface area (Å²) in [6, 6.07) is 2.61. The molecule has 1 aromatic rings. The first-order chi connectivity index (χ1) is 9.80. The number of nitrogens with zero attached hydrogens (tertiary/aromatic N) is 1. The third kappa shape index (κ3) is 5.08. The summed E-state index contributed by atoms with van der Waals surface area (Å²) in [5.74, 6) is 0.715. The fraction of sp³-hybridized carbons (Fsp3) is 0.643. The topological polar surface area (TPSA) is 79.6 Å². The molecule has 0 aliphatic carbocycles. The normalized spacial score (nSPS) is 14.5. The summed E-state index contributed by atoms with van der Waals surface area (Å²) in [6.07, 6.45) is 1.55. The Morgan fingerprint density at radius 3 is 2.52 bits per heavy atom. The molecule has 120 valence electrons. The van der Waals surface area contributed by atoms with E-state index in [-0.39, 0.29) is 29.6 Å². The van der Waals surface area contributed by atoms with Crippen LogP contribution in [0.2, 0.25) is 0 Å². The van der Waals surface area contributed by atoms with Crippen LogP contribution >= 0.6 is 0 Å². The van der Waals surface area contributed by atoms with Gasteiger partial charge in [-0.2, -0.15) is 0 Å². The fourth-order valence-electron chi connectivity index (χ4n) is 2.11. The number of carbonyl (C=O) groups is 1. The van der Waals surface area contributed by atoms with Gasteiger partial charge in [0.25, 0.3) is 0 Å². The Labute approximate surface area is 126 Å². The quantitative estimate of drug-likeness (QED) is 0.836. The van der Waals surface area contributed by atoms with Crippen LogP contribution in [-0.4, -0.2) is 43.4 Å². The van der Waals surface area contributed by atoms with Crippen LogP contribution in [0.1, 0.15) is 39.5 Å². The van der Waals surface area contributed by atoms with E-state index in [0.29, 0.717) is 12.3 Å². The lowest BCUT2D eigenvalue weighted by atomic mass is 10.2. The minimum Gasteiger partial charge on any atom is -0.467 e. The molecule has 21 heavy (non-hydrogen) atoms. The lowest BCUT2D eigenvalue weighted by Crippen LogP contribution is -2.48. The molecule has 1 heterocycles. The van der Waals surface area contributed by atoms with E-state index >= 15 is 0 Å². The SMILES string of the molecule is CCN(C(=O)NC(C)c1ccco1)C(C)CS(=O)(=O)CC. The second kappa shape index (κ2) is 7.49. The molecule has 1 aromatic heterocycles. The van der Waals surface area contributed by atoms with Crippen molar-refractivity contribution >= 4 is 15.9 Å². The van der Waals surface area contributed by atoms with E-state index < -0.39 is 9.84 Å². The summed E-state index contributed by atoms with van der Waals surface area (Å²) in [5, 5.41) is 2.82. The minimum absolute atomic E-state index is 0.0279. The van der Waals surface area contributed by atoms with Crippen molar-refractivity contribution in [3.63, 3.8) is 0 Å². The number of rotatable bonds is 7. The van der Waals surface area contributed by atoms with Gasteiger partial charge in [0.1, 0.15) is 5.76 Å². The second-order valence-electron chi connectivity index (χ2n) is 5.02. The van der Waals surface area contributed by atoms with E-state index in [0.717, 1.165) is 0 Å². The van der Waals surface area contributed by atoms with Crippen LogP contribution in [0.3, 0.4) is 0 Å². The third-order valence-corrected chi connectivity index (χ3v) is 5.25. The van der Waals surface area contributed by atoms with Crippen molar-refractivity contribution in [3.8, 4) is 0 Å². The van der Waals surface area contributed by atoms with Gasteiger partial charge in [0, 0.05) is 18.3 Å². The first-order valence-electron chi connectivity index (χ1n) is 7.11. The number of hydrogen-bond acceptors (Lipinski definition) is 4. The number of amides is 2. The van der Waals surface area contributed by atoms with Crippen molar-refractivity contribution in [2.75, 3.05) is 18.1 Å². The molecule has 0 saturated carbocycles. The Morgan fingerprint density at radius 1 is 1.38 bits per heavy atom. The van der Waals surface area contributed by atoms with Crippen LogP contribution in [0.25, 0.3) is 0 Å². The van der Waals surface area contributed by atoms with Gasteiger partial charge in [-0.25, -0.2) is 13.2 Å². The summed E-state index contributed by atoms with van der Waals surface area (Å²) in [6.45, 7) is 7.44. The predicted octanol–water partition coefficient (Wildman–Crippen LogP) is 2.20. The average molecular weight is 316 g/mol.